The van der Waals surface area contributed by atoms with Gasteiger partial charge in [0.1, 0.15) is 6.54 Å². The Balaban J connectivity index is 1.95. The smallest absolute Gasteiger partial charge is 0.332 e. The van der Waals surface area contributed by atoms with Gasteiger partial charge in [0, 0.05) is 18.0 Å². The summed E-state index contributed by atoms with van der Waals surface area (Å²) in [5.74, 6) is -0.451. The van der Waals surface area contributed by atoms with E-state index in [0.29, 0.717) is 17.3 Å². The third-order valence-corrected chi connectivity index (χ3v) is 4.42. The molecule has 8 heteroatoms. The van der Waals surface area contributed by atoms with E-state index < -0.39 is 24.7 Å². The fourth-order valence-electron chi connectivity index (χ4n) is 2.30. The SMILES string of the molecule is CN(Cc1ccc(Cl)s1)[C@@H]1CCN(CC(F)(F)F)C1=O. The minimum Gasteiger partial charge on any atom is -0.332 e. The van der Waals surface area contributed by atoms with Crippen LogP contribution in [-0.4, -0.2) is 48.1 Å². The van der Waals surface area contributed by atoms with Crippen molar-refractivity contribution in [3.63, 3.8) is 0 Å². The molecule has 2 heterocycles. The third-order valence-electron chi connectivity index (χ3n) is 3.21. The maximum atomic E-state index is 12.3. The molecule has 1 atom stereocenters. The summed E-state index contributed by atoms with van der Waals surface area (Å²) < 4.78 is 37.7. The minimum absolute atomic E-state index is 0.151. The zero-order chi connectivity index (χ0) is 14.9. The standard InChI is InChI=1S/C12H14ClF3N2OS/c1-17(6-8-2-3-10(13)20-8)9-4-5-18(11(9)19)7-12(14,15)16/h2-3,9H,4-7H2,1H3/t9-/m1/s1. The quantitative estimate of drug-likeness (QED) is 0.849. The van der Waals surface area contributed by atoms with Crippen molar-refractivity contribution in [2.75, 3.05) is 20.1 Å². The molecule has 3 nitrogen and oxygen atoms in total. The second-order valence-corrected chi connectivity index (χ2v) is 6.60. The van der Waals surface area contributed by atoms with Crippen molar-refractivity contribution in [2.45, 2.75) is 25.2 Å². The molecular formula is C12H14ClF3N2OS. The molecule has 0 aromatic carbocycles. The largest absolute Gasteiger partial charge is 0.406 e. The summed E-state index contributed by atoms with van der Waals surface area (Å²) in [5.41, 5.74) is 0. The van der Waals surface area contributed by atoms with Gasteiger partial charge in [0.05, 0.1) is 10.4 Å². The van der Waals surface area contributed by atoms with Crippen molar-refractivity contribution in [3.05, 3.63) is 21.3 Å². The zero-order valence-corrected chi connectivity index (χ0v) is 12.4. The highest BCUT2D eigenvalue weighted by Crippen LogP contribution is 2.26. The number of carbonyl (C=O) groups is 1. The Hall–Kier alpha value is -0.790. The van der Waals surface area contributed by atoms with Gasteiger partial charge in [-0.25, -0.2) is 0 Å². The van der Waals surface area contributed by atoms with Gasteiger partial charge in [0.15, 0.2) is 0 Å². The Kier molecular flexibility index (Phi) is 4.61. The summed E-state index contributed by atoms with van der Waals surface area (Å²) in [6, 6.07) is 3.14. The first kappa shape index (κ1) is 15.6. The predicted octanol–water partition coefficient (Wildman–Crippen LogP) is 3.00. The van der Waals surface area contributed by atoms with E-state index in [0.717, 1.165) is 9.78 Å². The predicted molar refractivity (Wildman–Crippen MR) is 71.8 cm³/mol. The van der Waals surface area contributed by atoms with Crippen LogP contribution in [0.3, 0.4) is 0 Å². The van der Waals surface area contributed by atoms with Gasteiger partial charge >= 0.3 is 6.18 Å². The van der Waals surface area contributed by atoms with Gasteiger partial charge in [0.2, 0.25) is 5.91 Å². The zero-order valence-electron chi connectivity index (χ0n) is 10.8. The van der Waals surface area contributed by atoms with Gasteiger partial charge in [0.25, 0.3) is 0 Å². The first-order valence-corrected chi connectivity index (χ1v) is 7.26. The molecule has 0 aliphatic carbocycles. The number of rotatable bonds is 4. The Labute approximate surface area is 123 Å². The molecule has 1 aliphatic rings. The highest BCUT2D eigenvalue weighted by Gasteiger charge is 2.40. The first-order valence-electron chi connectivity index (χ1n) is 6.06. The van der Waals surface area contributed by atoms with Crippen LogP contribution in [0.25, 0.3) is 0 Å². The average Bonchev–Trinajstić information content (AvgIpc) is 2.85. The molecule has 1 aliphatic heterocycles. The molecule has 1 amide bonds. The molecule has 1 aromatic rings. The van der Waals surface area contributed by atoms with E-state index in [9.17, 15) is 18.0 Å². The topological polar surface area (TPSA) is 23.6 Å². The number of thiophene rings is 1. The van der Waals surface area contributed by atoms with Crippen molar-refractivity contribution >= 4 is 28.8 Å². The number of amides is 1. The highest BCUT2D eigenvalue weighted by molar-refractivity contribution is 7.16. The van der Waals surface area contributed by atoms with E-state index in [4.69, 9.17) is 11.6 Å². The number of likely N-dealkylation sites (N-methyl/N-ethyl adjacent to an activating group) is 1. The average molecular weight is 327 g/mol. The maximum Gasteiger partial charge on any atom is 0.406 e. The number of hydrogen-bond acceptors (Lipinski definition) is 3. The fraction of sp³-hybridized carbons (Fsp3) is 0.583. The lowest BCUT2D eigenvalue weighted by Crippen LogP contribution is -2.42. The molecule has 112 valence electrons. The molecule has 2 rings (SSSR count). The van der Waals surface area contributed by atoms with Crippen molar-refractivity contribution in [3.8, 4) is 0 Å². The molecule has 1 fully saturated rings. The molecule has 1 saturated heterocycles. The summed E-state index contributed by atoms with van der Waals surface area (Å²) in [6.07, 6.45) is -3.92. The van der Waals surface area contributed by atoms with Gasteiger partial charge in [-0.2, -0.15) is 13.2 Å². The van der Waals surface area contributed by atoms with Gasteiger partial charge < -0.3 is 4.90 Å². The molecule has 0 spiro atoms. The van der Waals surface area contributed by atoms with Crippen LogP contribution in [0.4, 0.5) is 13.2 Å². The Morgan fingerprint density at radius 1 is 1.50 bits per heavy atom. The van der Waals surface area contributed by atoms with E-state index >= 15 is 0 Å². The molecule has 0 saturated carbocycles. The second kappa shape index (κ2) is 5.91. The molecule has 1 aromatic heterocycles. The molecule has 0 radical (unpaired) electrons. The molecular weight excluding hydrogens is 313 g/mol. The Morgan fingerprint density at radius 2 is 2.20 bits per heavy atom. The van der Waals surface area contributed by atoms with E-state index in [2.05, 4.69) is 0 Å². The maximum absolute atomic E-state index is 12.3. The van der Waals surface area contributed by atoms with E-state index in [1.807, 2.05) is 6.07 Å². The monoisotopic (exact) mass is 326 g/mol. The van der Waals surface area contributed by atoms with Crippen molar-refractivity contribution in [1.29, 1.82) is 0 Å². The van der Waals surface area contributed by atoms with Crippen LogP contribution in [0, 0.1) is 0 Å². The number of alkyl halides is 3. The van der Waals surface area contributed by atoms with Crippen molar-refractivity contribution < 1.29 is 18.0 Å². The molecule has 0 N–H and O–H groups in total. The Bertz CT molecular complexity index is 491. The number of nitrogens with zero attached hydrogens (tertiary/aromatic N) is 2. The van der Waals surface area contributed by atoms with Crippen LogP contribution in [0.1, 0.15) is 11.3 Å². The summed E-state index contributed by atoms with van der Waals surface area (Å²) in [4.78, 5) is 15.6. The van der Waals surface area contributed by atoms with E-state index in [1.54, 1.807) is 18.0 Å². The molecule has 0 unspecified atom stereocenters. The number of likely N-dealkylation sites (tertiary alicyclic amines) is 1. The number of hydrogen-bond donors (Lipinski definition) is 0. The fourth-order valence-corrected chi connectivity index (χ4v) is 3.45. The lowest BCUT2D eigenvalue weighted by Gasteiger charge is -2.23. The van der Waals surface area contributed by atoms with E-state index in [-0.39, 0.29) is 6.54 Å². The van der Waals surface area contributed by atoms with Crippen molar-refractivity contribution in [2.24, 2.45) is 0 Å². The summed E-state index contributed by atoms with van der Waals surface area (Å²) >= 11 is 7.23. The second-order valence-electron chi connectivity index (χ2n) is 4.80. The van der Waals surface area contributed by atoms with Crippen LogP contribution in [-0.2, 0) is 11.3 Å². The van der Waals surface area contributed by atoms with Gasteiger partial charge in [-0.3, -0.25) is 9.69 Å². The lowest BCUT2D eigenvalue weighted by molar-refractivity contribution is -0.159. The van der Waals surface area contributed by atoms with Crippen LogP contribution in [0.5, 0.6) is 0 Å². The number of carbonyl (C=O) groups excluding carboxylic acids is 1. The van der Waals surface area contributed by atoms with Crippen LogP contribution < -0.4 is 0 Å². The summed E-state index contributed by atoms with van der Waals surface area (Å²) in [6.45, 7) is -0.507. The van der Waals surface area contributed by atoms with E-state index in [1.165, 1.54) is 11.3 Å². The number of halogens is 4. The van der Waals surface area contributed by atoms with Crippen molar-refractivity contribution in [1.82, 2.24) is 9.80 Å². The minimum atomic E-state index is -4.34. The summed E-state index contributed by atoms with van der Waals surface area (Å²) in [5, 5.41) is 0. The van der Waals surface area contributed by atoms with Gasteiger partial charge in [-0.15, -0.1) is 11.3 Å². The normalized spacial score (nSPS) is 20.2. The lowest BCUT2D eigenvalue weighted by atomic mass is 10.2. The third kappa shape index (κ3) is 3.86. The van der Waals surface area contributed by atoms with Gasteiger partial charge in [-0.05, 0) is 25.6 Å². The van der Waals surface area contributed by atoms with Crippen LogP contribution >= 0.6 is 22.9 Å². The first-order chi connectivity index (χ1) is 9.26. The highest BCUT2D eigenvalue weighted by atomic mass is 35.5. The molecule has 0 bridgehead atoms. The Morgan fingerprint density at radius 3 is 2.75 bits per heavy atom. The van der Waals surface area contributed by atoms with Crippen LogP contribution in [0.15, 0.2) is 12.1 Å². The molecule has 20 heavy (non-hydrogen) atoms. The van der Waals surface area contributed by atoms with Crippen LogP contribution in [0.2, 0.25) is 4.34 Å². The van der Waals surface area contributed by atoms with Gasteiger partial charge in [-0.1, -0.05) is 11.6 Å². The summed E-state index contributed by atoms with van der Waals surface area (Å²) in [7, 11) is 1.74.